The first-order valence-corrected chi connectivity index (χ1v) is 4.41. The van der Waals surface area contributed by atoms with Crippen molar-refractivity contribution in [3.63, 3.8) is 0 Å². The summed E-state index contributed by atoms with van der Waals surface area (Å²) in [6.45, 7) is 3.33. The highest BCUT2D eigenvalue weighted by Crippen LogP contribution is 2.15. The van der Waals surface area contributed by atoms with Crippen molar-refractivity contribution in [2.24, 2.45) is 0 Å². The van der Waals surface area contributed by atoms with Gasteiger partial charge in [-0.2, -0.15) is 0 Å². The fourth-order valence-electron chi connectivity index (χ4n) is 0.765. The number of carbonyl (C=O) groups excluding carboxylic acids is 1. The van der Waals surface area contributed by atoms with E-state index in [-0.39, 0.29) is 6.61 Å². The molecule has 0 saturated heterocycles. The lowest BCUT2D eigenvalue weighted by atomic mass is 10.6. The van der Waals surface area contributed by atoms with Crippen LogP contribution in [-0.4, -0.2) is 40.1 Å². The van der Waals surface area contributed by atoms with E-state index in [1.54, 1.807) is 6.08 Å². The SMILES string of the molecule is C=CC(=O)OC(OC)(OC)OCC=COC. The average Bonchev–Trinajstić information content (AvgIpc) is 2.33. The summed E-state index contributed by atoms with van der Waals surface area (Å²) in [7, 11) is 4.05. The molecule has 0 unspecified atom stereocenters. The first-order valence-electron chi connectivity index (χ1n) is 4.41. The average molecular weight is 232 g/mol. The van der Waals surface area contributed by atoms with Gasteiger partial charge in [-0.3, -0.25) is 14.2 Å². The Kier molecular flexibility index (Phi) is 7.19. The topological polar surface area (TPSA) is 63.2 Å². The molecule has 0 saturated carbocycles. The highest BCUT2D eigenvalue weighted by molar-refractivity contribution is 5.81. The minimum atomic E-state index is -1.87. The molecule has 0 spiro atoms. The lowest BCUT2D eigenvalue weighted by molar-refractivity contribution is -0.465. The molecule has 0 aromatic rings. The summed E-state index contributed by atoms with van der Waals surface area (Å²) in [5.41, 5.74) is 0. The van der Waals surface area contributed by atoms with Gasteiger partial charge < -0.3 is 9.47 Å². The molecule has 0 radical (unpaired) electrons. The summed E-state index contributed by atoms with van der Waals surface area (Å²) < 4.78 is 24.2. The van der Waals surface area contributed by atoms with Gasteiger partial charge in [-0.1, -0.05) is 6.58 Å². The van der Waals surface area contributed by atoms with Crippen LogP contribution in [0.2, 0.25) is 0 Å². The Hall–Kier alpha value is -1.37. The van der Waals surface area contributed by atoms with Crippen molar-refractivity contribution < 1.29 is 28.5 Å². The zero-order chi connectivity index (χ0) is 12.4. The molecular formula is C10H16O6. The van der Waals surface area contributed by atoms with E-state index >= 15 is 0 Å². The molecule has 0 aliphatic carbocycles. The molecule has 0 N–H and O–H groups in total. The van der Waals surface area contributed by atoms with Gasteiger partial charge in [-0.25, -0.2) is 4.79 Å². The summed E-state index contributed by atoms with van der Waals surface area (Å²) in [5.74, 6) is -0.723. The van der Waals surface area contributed by atoms with Crippen LogP contribution >= 0.6 is 0 Å². The first kappa shape index (κ1) is 14.6. The van der Waals surface area contributed by atoms with Crippen LogP contribution in [0.4, 0.5) is 0 Å². The third-order valence-electron chi connectivity index (χ3n) is 1.48. The fourth-order valence-corrected chi connectivity index (χ4v) is 0.765. The Morgan fingerprint density at radius 2 is 1.94 bits per heavy atom. The van der Waals surface area contributed by atoms with E-state index < -0.39 is 12.1 Å². The van der Waals surface area contributed by atoms with Crippen LogP contribution in [0.25, 0.3) is 0 Å². The van der Waals surface area contributed by atoms with Crippen molar-refractivity contribution in [1.82, 2.24) is 0 Å². The standard InChI is InChI=1S/C10H16O6/c1-5-9(11)16-10(13-3,14-4)15-8-6-7-12-2/h5-7H,1,8H2,2-4H3. The van der Waals surface area contributed by atoms with E-state index in [0.717, 1.165) is 6.08 Å². The summed E-state index contributed by atoms with van der Waals surface area (Å²) in [6, 6.07) is 0. The predicted octanol–water partition coefficient (Wildman–Crippen LogP) is 0.796. The second-order valence-electron chi connectivity index (χ2n) is 2.45. The molecule has 16 heavy (non-hydrogen) atoms. The Morgan fingerprint density at radius 1 is 1.31 bits per heavy atom. The molecule has 0 atom stereocenters. The van der Waals surface area contributed by atoms with E-state index in [2.05, 4.69) is 11.3 Å². The van der Waals surface area contributed by atoms with Crippen molar-refractivity contribution in [2.45, 2.75) is 6.16 Å². The van der Waals surface area contributed by atoms with Crippen LogP contribution in [0.15, 0.2) is 25.0 Å². The molecule has 0 heterocycles. The lowest BCUT2D eigenvalue weighted by Gasteiger charge is -2.27. The number of hydrogen-bond acceptors (Lipinski definition) is 6. The quantitative estimate of drug-likeness (QED) is 0.267. The lowest BCUT2D eigenvalue weighted by Crippen LogP contribution is -2.41. The molecule has 0 rings (SSSR count). The van der Waals surface area contributed by atoms with E-state index in [1.165, 1.54) is 27.6 Å². The van der Waals surface area contributed by atoms with Crippen LogP contribution in [0.5, 0.6) is 0 Å². The van der Waals surface area contributed by atoms with Crippen molar-refractivity contribution in [1.29, 1.82) is 0 Å². The minimum absolute atomic E-state index is 0.0833. The van der Waals surface area contributed by atoms with E-state index in [4.69, 9.17) is 18.9 Å². The Labute approximate surface area is 94.4 Å². The van der Waals surface area contributed by atoms with Gasteiger partial charge in [0.1, 0.15) is 0 Å². The highest BCUT2D eigenvalue weighted by Gasteiger charge is 2.36. The molecule has 92 valence electrons. The molecule has 0 aliphatic rings. The monoisotopic (exact) mass is 232 g/mol. The molecule has 0 fully saturated rings. The second-order valence-corrected chi connectivity index (χ2v) is 2.45. The summed E-state index contributed by atoms with van der Waals surface area (Å²) >= 11 is 0. The molecule has 0 amide bonds. The van der Waals surface area contributed by atoms with Gasteiger partial charge in [0.05, 0.1) is 20.0 Å². The molecule has 6 nitrogen and oxygen atoms in total. The molecule has 0 aromatic heterocycles. The van der Waals surface area contributed by atoms with E-state index in [0.29, 0.717) is 0 Å². The van der Waals surface area contributed by atoms with Crippen LogP contribution in [0, 0.1) is 0 Å². The third kappa shape index (κ3) is 4.92. The van der Waals surface area contributed by atoms with Crippen LogP contribution in [0.1, 0.15) is 0 Å². The molecule has 0 aromatic carbocycles. The number of ether oxygens (including phenoxy) is 5. The predicted molar refractivity (Wildman–Crippen MR) is 55.1 cm³/mol. The van der Waals surface area contributed by atoms with E-state index in [1.807, 2.05) is 0 Å². The minimum Gasteiger partial charge on any atom is -0.505 e. The van der Waals surface area contributed by atoms with Gasteiger partial charge in [-0.15, -0.1) is 0 Å². The van der Waals surface area contributed by atoms with Gasteiger partial charge in [0.2, 0.25) is 0 Å². The van der Waals surface area contributed by atoms with Gasteiger partial charge >= 0.3 is 12.1 Å². The van der Waals surface area contributed by atoms with Crippen molar-refractivity contribution in [3.05, 3.63) is 25.0 Å². The first-order chi connectivity index (χ1) is 7.64. The van der Waals surface area contributed by atoms with Gasteiger partial charge in [0, 0.05) is 20.3 Å². The molecule has 0 aliphatic heterocycles. The summed E-state index contributed by atoms with van der Waals surface area (Å²) in [6.07, 6.45) is 2.06. The molecule has 6 heteroatoms. The molecule has 0 bridgehead atoms. The zero-order valence-electron chi connectivity index (χ0n) is 9.60. The maximum Gasteiger partial charge on any atom is 0.462 e. The van der Waals surface area contributed by atoms with Crippen molar-refractivity contribution in [2.75, 3.05) is 27.9 Å². The smallest absolute Gasteiger partial charge is 0.462 e. The normalized spacial score (nSPS) is 11.4. The second kappa shape index (κ2) is 7.86. The number of rotatable bonds is 8. The number of hydrogen-bond donors (Lipinski definition) is 0. The molecular weight excluding hydrogens is 216 g/mol. The number of carbonyl (C=O) groups is 1. The maximum atomic E-state index is 11.0. The van der Waals surface area contributed by atoms with Gasteiger partial charge in [0.15, 0.2) is 0 Å². The van der Waals surface area contributed by atoms with Gasteiger partial charge in [0.25, 0.3) is 0 Å². The van der Waals surface area contributed by atoms with Crippen LogP contribution in [-0.2, 0) is 28.5 Å². The zero-order valence-corrected chi connectivity index (χ0v) is 9.60. The Bertz CT molecular complexity index is 244. The summed E-state index contributed by atoms with van der Waals surface area (Å²) in [4.78, 5) is 11.0. The summed E-state index contributed by atoms with van der Waals surface area (Å²) in [5, 5.41) is 0. The van der Waals surface area contributed by atoms with E-state index in [9.17, 15) is 4.79 Å². The van der Waals surface area contributed by atoms with Crippen LogP contribution < -0.4 is 0 Å². The van der Waals surface area contributed by atoms with Gasteiger partial charge in [-0.05, 0) is 6.08 Å². The largest absolute Gasteiger partial charge is 0.505 e. The number of esters is 1. The van der Waals surface area contributed by atoms with Crippen molar-refractivity contribution in [3.8, 4) is 0 Å². The van der Waals surface area contributed by atoms with Crippen LogP contribution in [0.3, 0.4) is 0 Å². The number of methoxy groups -OCH3 is 3. The fraction of sp³-hybridized carbons (Fsp3) is 0.500. The Balaban J connectivity index is 4.36. The maximum absolute atomic E-state index is 11.0. The van der Waals surface area contributed by atoms with Crippen molar-refractivity contribution >= 4 is 5.97 Å². The Morgan fingerprint density at radius 3 is 2.38 bits per heavy atom. The highest BCUT2D eigenvalue weighted by atomic mass is 17.0. The third-order valence-corrected chi connectivity index (χ3v) is 1.48.